The monoisotopic (exact) mass is 274 g/mol. The molecule has 4 nitrogen and oxygen atoms in total. The number of rotatable bonds is 4. The van der Waals surface area contributed by atoms with Crippen LogP contribution in [-0.4, -0.2) is 14.9 Å². The minimum Gasteiger partial charge on any atom is -0.447 e. The Balaban J connectivity index is 2.35. The molecule has 0 aromatic carbocycles. The lowest BCUT2D eigenvalue weighted by Crippen LogP contribution is -2.10. The van der Waals surface area contributed by atoms with E-state index in [1.165, 1.54) is 6.20 Å². The van der Waals surface area contributed by atoms with Crippen LogP contribution in [0.4, 0.5) is 0 Å². The summed E-state index contributed by atoms with van der Waals surface area (Å²) >= 11 is 11.7. The third-order valence-corrected chi connectivity index (χ3v) is 2.89. The second-order valence-corrected chi connectivity index (χ2v) is 4.43. The van der Waals surface area contributed by atoms with E-state index in [0.717, 1.165) is 6.42 Å². The topological polar surface area (TPSA) is 51.2 Å². The average molecular weight is 275 g/mol. The Morgan fingerprint density at radius 3 is 2.82 bits per heavy atom. The summed E-state index contributed by atoms with van der Waals surface area (Å²) in [5.74, 6) is 0.356. The zero-order chi connectivity index (χ0) is 12.4. The Labute approximate surface area is 109 Å². The molecule has 0 aliphatic rings. The molecule has 2 heterocycles. The van der Waals surface area contributed by atoms with Crippen LogP contribution in [0.3, 0.4) is 0 Å². The fourth-order valence-electron chi connectivity index (χ4n) is 1.64. The van der Waals surface area contributed by atoms with E-state index in [1.807, 2.05) is 6.92 Å². The number of halogens is 2. The van der Waals surface area contributed by atoms with Crippen LogP contribution in [0.15, 0.2) is 22.7 Å². The molecule has 0 bridgehead atoms. The summed E-state index contributed by atoms with van der Waals surface area (Å²) < 4.78 is 6.84. The molecule has 0 amide bonds. The third kappa shape index (κ3) is 2.49. The number of aryl methyl sites for hydroxylation is 1. The molecule has 1 unspecified atom stereocenters. The van der Waals surface area contributed by atoms with Crippen LogP contribution in [0.2, 0.25) is 10.2 Å². The highest BCUT2D eigenvalue weighted by Crippen LogP contribution is 2.30. The van der Waals surface area contributed by atoms with Gasteiger partial charge in [0.05, 0.1) is 16.9 Å². The van der Waals surface area contributed by atoms with Crippen molar-refractivity contribution < 1.29 is 9.52 Å². The molecule has 2 aromatic rings. The van der Waals surface area contributed by atoms with E-state index in [4.69, 9.17) is 27.6 Å². The summed E-state index contributed by atoms with van der Waals surface area (Å²) in [6.45, 7) is 2.71. The first-order valence-electron chi connectivity index (χ1n) is 5.28. The van der Waals surface area contributed by atoms with Crippen LogP contribution < -0.4 is 0 Å². The number of aromatic nitrogens is 2. The van der Waals surface area contributed by atoms with Crippen molar-refractivity contribution in [1.82, 2.24) is 9.78 Å². The first kappa shape index (κ1) is 12.5. The normalized spacial score (nSPS) is 12.9. The Morgan fingerprint density at radius 2 is 2.24 bits per heavy atom. The molecule has 1 N–H and O–H groups in total. The SMILES string of the molecule is CCCn1ncc(Cl)c1C(O)c1ccc(Cl)o1. The van der Waals surface area contributed by atoms with Crippen molar-refractivity contribution in [2.45, 2.75) is 26.0 Å². The van der Waals surface area contributed by atoms with Crippen molar-refractivity contribution in [1.29, 1.82) is 0 Å². The van der Waals surface area contributed by atoms with Gasteiger partial charge in [0.1, 0.15) is 5.76 Å². The quantitative estimate of drug-likeness (QED) is 0.931. The van der Waals surface area contributed by atoms with Gasteiger partial charge in [-0.05, 0) is 30.2 Å². The van der Waals surface area contributed by atoms with Gasteiger partial charge in [0.15, 0.2) is 11.3 Å². The van der Waals surface area contributed by atoms with Crippen molar-refractivity contribution in [3.8, 4) is 0 Å². The lowest BCUT2D eigenvalue weighted by molar-refractivity contribution is 0.178. The molecule has 92 valence electrons. The van der Waals surface area contributed by atoms with Crippen molar-refractivity contribution in [2.24, 2.45) is 0 Å². The zero-order valence-corrected chi connectivity index (χ0v) is 10.7. The minimum atomic E-state index is -0.955. The molecule has 1 atom stereocenters. The first-order chi connectivity index (χ1) is 8.13. The van der Waals surface area contributed by atoms with E-state index in [2.05, 4.69) is 5.10 Å². The highest BCUT2D eigenvalue weighted by molar-refractivity contribution is 6.31. The predicted octanol–water partition coefficient (Wildman–Crippen LogP) is 3.27. The fraction of sp³-hybridized carbons (Fsp3) is 0.364. The molecule has 0 fully saturated rings. The van der Waals surface area contributed by atoms with Gasteiger partial charge in [-0.3, -0.25) is 4.68 Å². The summed E-state index contributed by atoms with van der Waals surface area (Å²) in [5.41, 5.74) is 0.527. The van der Waals surface area contributed by atoms with E-state index in [0.29, 0.717) is 23.0 Å². The predicted molar refractivity (Wildman–Crippen MR) is 65.3 cm³/mol. The Morgan fingerprint density at radius 1 is 1.47 bits per heavy atom. The molecule has 0 spiro atoms. The number of hydrogen-bond acceptors (Lipinski definition) is 3. The van der Waals surface area contributed by atoms with Gasteiger partial charge < -0.3 is 9.52 Å². The maximum Gasteiger partial charge on any atom is 0.193 e. The van der Waals surface area contributed by atoms with Gasteiger partial charge in [-0.25, -0.2) is 0 Å². The number of aliphatic hydroxyl groups excluding tert-OH is 1. The highest BCUT2D eigenvalue weighted by atomic mass is 35.5. The molecule has 0 aliphatic heterocycles. The molecular weight excluding hydrogens is 263 g/mol. The molecule has 6 heteroatoms. The lowest BCUT2D eigenvalue weighted by Gasteiger charge is -2.11. The van der Waals surface area contributed by atoms with Crippen LogP contribution in [0.25, 0.3) is 0 Å². The Hall–Kier alpha value is -0.970. The number of nitrogens with zero attached hydrogens (tertiary/aromatic N) is 2. The molecule has 2 aromatic heterocycles. The van der Waals surface area contributed by atoms with E-state index >= 15 is 0 Å². The van der Waals surface area contributed by atoms with Crippen molar-refractivity contribution >= 4 is 23.2 Å². The Bertz CT molecular complexity index is 507. The average Bonchev–Trinajstić information content (AvgIpc) is 2.86. The summed E-state index contributed by atoms with van der Waals surface area (Å²) in [4.78, 5) is 0. The maximum atomic E-state index is 10.2. The largest absolute Gasteiger partial charge is 0.447 e. The number of furan rings is 1. The van der Waals surface area contributed by atoms with Crippen LogP contribution in [-0.2, 0) is 6.54 Å². The fourth-order valence-corrected chi connectivity index (χ4v) is 2.04. The van der Waals surface area contributed by atoms with E-state index in [-0.39, 0.29) is 5.22 Å². The van der Waals surface area contributed by atoms with Crippen molar-refractivity contribution in [3.05, 3.63) is 40.0 Å². The summed E-state index contributed by atoms with van der Waals surface area (Å²) in [7, 11) is 0. The zero-order valence-electron chi connectivity index (χ0n) is 9.23. The second kappa shape index (κ2) is 5.12. The molecular formula is C11H12Cl2N2O2. The molecule has 0 saturated heterocycles. The van der Waals surface area contributed by atoms with Crippen molar-refractivity contribution in [2.75, 3.05) is 0 Å². The van der Waals surface area contributed by atoms with Crippen LogP contribution in [0.1, 0.15) is 30.9 Å². The smallest absolute Gasteiger partial charge is 0.193 e. The third-order valence-electron chi connectivity index (χ3n) is 2.39. The maximum absolute atomic E-state index is 10.2. The van der Waals surface area contributed by atoms with Crippen molar-refractivity contribution in [3.63, 3.8) is 0 Å². The van der Waals surface area contributed by atoms with E-state index in [1.54, 1.807) is 16.8 Å². The molecule has 0 radical (unpaired) electrons. The van der Waals surface area contributed by atoms with Gasteiger partial charge in [-0.2, -0.15) is 5.10 Å². The minimum absolute atomic E-state index is 0.233. The molecule has 17 heavy (non-hydrogen) atoms. The lowest BCUT2D eigenvalue weighted by atomic mass is 10.2. The van der Waals surface area contributed by atoms with Crippen LogP contribution in [0, 0.1) is 0 Å². The number of hydrogen-bond donors (Lipinski definition) is 1. The van der Waals surface area contributed by atoms with E-state index < -0.39 is 6.10 Å². The van der Waals surface area contributed by atoms with Gasteiger partial charge in [0.2, 0.25) is 0 Å². The van der Waals surface area contributed by atoms with Crippen LogP contribution in [0.5, 0.6) is 0 Å². The van der Waals surface area contributed by atoms with Gasteiger partial charge in [-0.15, -0.1) is 0 Å². The van der Waals surface area contributed by atoms with Crippen LogP contribution >= 0.6 is 23.2 Å². The highest BCUT2D eigenvalue weighted by Gasteiger charge is 2.22. The van der Waals surface area contributed by atoms with Gasteiger partial charge in [0.25, 0.3) is 0 Å². The second-order valence-electron chi connectivity index (χ2n) is 3.65. The first-order valence-corrected chi connectivity index (χ1v) is 6.03. The summed E-state index contributed by atoms with van der Waals surface area (Å²) in [6.07, 6.45) is 1.46. The summed E-state index contributed by atoms with van der Waals surface area (Å²) in [6, 6.07) is 3.20. The molecule has 2 rings (SSSR count). The molecule has 0 saturated carbocycles. The number of aliphatic hydroxyl groups is 1. The summed E-state index contributed by atoms with van der Waals surface area (Å²) in [5, 5.41) is 14.9. The van der Waals surface area contributed by atoms with Gasteiger partial charge in [0, 0.05) is 6.54 Å². The van der Waals surface area contributed by atoms with E-state index in [9.17, 15) is 5.11 Å². The molecule has 0 aliphatic carbocycles. The standard InChI is InChI=1S/C11H12Cl2N2O2/c1-2-5-15-10(7(12)6-14-15)11(16)8-3-4-9(13)17-8/h3-4,6,11,16H,2,5H2,1H3. The van der Waals surface area contributed by atoms with Gasteiger partial charge in [-0.1, -0.05) is 18.5 Å². The van der Waals surface area contributed by atoms with Gasteiger partial charge >= 0.3 is 0 Å². The Kier molecular flexibility index (Phi) is 3.76.